The lowest BCUT2D eigenvalue weighted by Gasteiger charge is -2.04. The molecule has 6 heteroatoms. The van der Waals surface area contributed by atoms with Gasteiger partial charge in [-0.15, -0.1) is 0 Å². The van der Waals surface area contributed by atoms with E-state index in [4.69, 9.17) is 9.72 Å². The topological polar surface area (TPSA) is 64.1 Å². The summed E-state index contributed by atoms with van der Waals surface area (Å²) in [7, 11) is 3.18. The second-order valence-corrected chi connectivity index (χ2v) is 6.19. The molecule has 0 bridgehead atoms. The lowest BCUT2D eigenvalue weighted by molar-refractivity contribution is -0.134. The van der Waals surface area contributed by atoms with Gasteiger partial charge in [0.15, 0.2) is 5.13 Å². The lowest BCUT2D eigenvalue weighted by Crippen LogP contribution is -1.96. The highest BCUT2D eigenvalue weighted by molar-refractivity contribution is 7.17. The number of carbonyl (C=O) groups is 1. The van der Waals surface area contributed by atoms with Gasteiger partial charge in [0.1, 0.15) is 5.69 Å². The molecule has 0 fully saturated rings. The van der Waals surface area contributed by atoms with E-state index in [0.29, 0.717) is 0 Å². The van der Waals surface area contributed by atoms with Gasteiger partial charge in [0, 0.05) is 18.5 Å². The number of para-hydroxylation sites is 1. The molecule has 0 atom stereocenters. The molecule has 0 saturated carbocycles. The van der Waals surface area contributed by atoms with Gasteiger partial charge in [0.05, 0.1) is 23.2 Å². The number of aromatic nitrogens is 2. The minimum atomic E-state index is -0.385. The van der Waals surface area contributed by atoms with Crippen LogP contribution in [0.25, 0.3) is 27.9 Å². The minimum Gasteiger partial charge on any atom is -0.466 e. The molecule has 0 spiro atoms. The molecule has 1 aromatic carbocycles. The predicted octanol–water partition coefficient (Wildman–Crippen LogP) is 3.98. The molecule has 0 aliphatic heterocycles. The van der Waals surface area contributed by atoms with Crippen LogP contribution in [0.5, 0.6) is 0 Å². The average molecular weight is 339 g/mol. The Labute approximate surface area is 144 Å². The van der Waals surface area contributed by atoms with Gasteiger partial charge in [-0.1, -0.05) is 35.6 Å². The molecule has 3 aromatic rings. The van der Waals surface area contributed by atoms with E-state index in [2.05, 4.69) is 10.3 Å². The SMILES string of the molecule is CNc1nc(-c2ccc3ccccc3n2)c(/C(C)=C/C(=O)OC)s1. The number of fused-ring (bicyclic) bond motifs is 1. The first-order valence-corrected chi connectivity index (χ1v) is 8.25. The standard InChI is InChI=1S/C18H17N3O2S/c1-11(10-15(22)23-3)17-16(21-18(19-2)24-17)14-9-8-12-6-4-5-7-13(12)20-14/h4-10H,1-3H3,(H,19,21)/b11-10+. The Morgan fingerprint density at radius 1 is 1.21 bits per heavy atom. The number of rotatable bonds is 4. The zero-order valence-electron chi connectivity index (χ0n) is 13.7. The third-order valence-corrected chi connectivity index (χ3v) is 4.78. The van der Waals surface area contributed by atoms with Crippen LogP contribution in [-0.2, 0) is 9.53 Å². The number of nitrogens with zero attached hydrogens (tertiary/aromatic N) is 2. The van der Waals surface area contributed by atoms with Crippen LogP contribution in [-0.4, -0.2) is 30.1 Å². The number of benzene rings is 1. The molecule has 0 aliphatic rings. The second-order valence-electron chi connectivity index (χ2n) is 5.19. The molecule has 122 valence electrons. The Morgan fingerprint density at radius 2 is 2.00 bits per heavy atom. The number of ether oxygens (including phenoxy) is 1. The minimum absolute atomic E-state index is 0.385. The Hall–Kier alpha value is -2.73. The Bertz CT molecular complexity index is 931. The molecule has 2 aromatic heterocycles. The van der Waals surface area contributed by atoms with Crippen molar-refractivity contribution in [2.45, 2.75) is 6.92 Å². The number of anilines is 1. The number of hydrogen-bond acceptors (Lipinski definition) is 6. The van der Waals surface area contributed by atoms with Gasteiger partial charge >= 0.3 is 5.97 Å². The van der Waals surface area contributed by atoms with Crippen molar-refractivity contribution in [2.75, 3.05) is 19.5 Å². The first kappa shape index (κ1) is 16.1. The summed E-state index contributed by atoms with van der Waals surface area (Å²) in [5.74, 6) is -0.385. The summed E-state index contributed by atoms with van der Waals surface area (Å²) in [4.78, 5) is 21.8. The summed E-state index contributed by atoms with van der Waals surface area (Å²) in [6.45, 7) is 1.87. The molecule has 0 unspecified atom stereocenters. The fourth-order valence-corrected chi connectivity index (χ4v) is 3.27. The van der Waals surface area contributed by atoms with Gasteiger partial charge in [0.25, 0.3) is 0 Å². The zero-order valence-corrected chi connectivity index (χ0v) is 14.5. The lowest BCUT2D eigenvalue weighted by atomic mass is 10.1. The van der Waals surface area contributed by atoms with Crippen molar-refractivity contribution < 1.29 is 9.53 Å². The van der Waals surface area contributed by atoms with Crippen molar-refractivity contribution in [3.8, 4) is 11.4 Å². The highest BCUT2D eigenvalue weighted by Crippen LogP contribution is 2.35. The van der Waals surface area contributed by atoms with Gasteiger partial charge in [-0.3, -0.25) is 0 Å². The molecule has 0 saturated heterocycles. The highest BCUT2D eigenvalue weighted by Gasteiger charge is 2.16. The van der Waals surface area contributed by atoms with Gasteiger partial charge in [-0.25, -0.2) is 14.8 Å². The molecule has 2 heterocycles. The quantitative estimate of drug-likeness (QED) is 0.575. The van der Waals surface area contributed by atoms with Crippen LogP contribution in [0.4, 0.5) is 5.13 Å². The van der Waals surface area contributed by atoms with E-state index in [9.17, 15) is 4.79 Å². The number of thiazole rings is 1. The van der Waals surface area contributed by atoms with E-state index in [1.165, 1.54) is 24.5 Å². The molecule has 1 N–H and O–H groups in total. The maximum Gasteiger partial charge on any atom is 0.330 e. The van der Waals surface area contributed by atoms with Gasteiger partial charge in [-0.05, 0) is 24.6 Å². The summed E-state index contributed by atoms with van der Waals surface area (Å²) >= 11 is 1.48. The number of carbonyl (C=O) groups excluding carboxylic acids is 1. The van der Waals surface area contributed by atoms with Crippen LogP contribution in [0.3, 0.4) is 0 Å². The first-order valence-electron chi connectivity index (χ1n) is 7.43. The van der Waals surface area contributed by atoms with Gasteiger partial charge in [-0.2, -0.15) is 0 Å². The van der Waals surface area contributed by atoms with Crippen LogP contribution < -0.4 is 5.32 Å². The first-order chi connectivity index (χ1) is 11.6. The molecule has 24 heavy (non-hydrogen) atoms. The van der Waals surface area contributed by atoms with Crippen molar-refractivity contribution in [1.29, 1.82) is 0 Å². The predicted molar refractivity (Wildman–Crippen MR) is 98.1 cm³/mol. The number of esters is 1. The molecule has 0 aliphatic carbocycles. The maximum atomic E-state index is 11.5. The number of methoxy groups -OCH3 is 1. The van der Waals surface area contributed by atoms with Crippen LogP contribution in [0.1, 0.15) is 11.8 Å². The zero-order chi connectivity index (χ0) is 17.1. The van der Waals surface area contributed by atoms with E-state index in [-0.39, 0.29) is 5.97 Å². The van der Waals surface area contributed by atoms with Gasteiger partial charge < -0.3 is 10.1 Å². The molecule has 3 rings (SSSR count). The monoisotopic (exact) mass is 339 g/mol. The summed E-state index contributed by atoms with van der Waals surface area (Å²) < 4.78 is 4.72. The number of hydrogen-bond donors (Lipinski definition) is 1. The smallest absolute Gasteiger partial charge is 0.330 e. The number of pyridine rings is 1. The second kappa shape index (κ2) is 6.80. The van der Waals surface area contributed by atoms with E-state index in [1.807, 2.05) is 50.4 Å². The molecule has 0 amide bonds. The third kappa shape index (κ3) is 3.14. The van der Waals surface area contributed by atoms with Crippen molar-refractivity contribution in [3.63, 3.8) is 0 Å². The van der Waals surface area contributed by atoms with E-state index in [1.54, 1.807) is 0 Å². The molecular weight excluding hydrogens is 322 g/mol. The summed E-state index contributed by atoms with van der Waals surface area (Å²) in [6, 6.07) is 11.9. The fraction of sp³-hybridized carbons (Fsp3) is 0.167. The fourth-order valence-electron chi connectivity index (χ4n) is 2.37. The van der Waals surface area contributed by atoms with E-state index < -0.39 is 0 Å². The summed E-state index contributed by atoms with van der Waals surface area (Å²) in [6.07, 6.45) is 1.47. The maximum absolute atomic E-state index is 11.5. The van der Waals surface area contributed by atoms with Crippen molar-refractivity contribution in [2.24, 2.45) is 0 Å². The van der Waals surface area contributed by atoms with Crippen LogP contribution in [0, 0.1) is 0 Å². The van der Waals surface area contributed by atoms with Crippen LogP contribution in [0.15, 0.2) is 42.5 Å². The molecule has 5 nitrogen and oxygen atoms in total. The van der Waals surface area contributed by atoms with Crippen LogP contribution >= 0.6 is 11.3 Å². The number of allylic oxidation sites excluding steroid dienone is 1. The number of nitrogens with one attached hydrogen (secondary N) is 1. The van der Waals surface area contributed by atoms with Crippen molar-refractivity contribution >= 4 is 38.9 Å². The van der Waals surface area contributed by atoms with Gasteiger partial charge in [0.2, 0.25) is 0 Å². The largest absolute Gasteiger partial charge is 0.466 e. The van der Waals surface area contributed by atoms with Crippen molar-refractivity contribution in [3.05, 3.63) is 47.4 Å². The van der Waals surface area contributed by atoms with E-state index >= 15 is 0 Å². The summed E-state index contributed by atoms with van der Waals surface area (Å²) in [5, 5.41) is 4.90. The normalized spacial score (nSPS) is 11.5. The Kier molecular flexibility index (Phi) is 4.57. The molecule has 0 radical (unpaired) electrons. The van der Waals surface area contributed by atoms with Crippen LogP contribution in [0.2, 0.25) is 0 Å². The van der Waals surface area contributed by atoms with E-state index in [0.717, 1.165) is 37.9 Å². The summed E-state index contributed by atoms with van der Waals surface area (Å²) in [5.41, 5.74) is 3.24. The highest BCUT2D eigenvalue weighted by atomic mass is 32.1. The molecular formula is C18H17N3O2S. The Morgan fingerprint density at radius 3 is 2.75 bits per heavy atom. The Balaban J connectivity index is 2.13. The average Bonchev–Trinajstić information content (AvgIpc) is 3.05. The third-order valence-electron chi connectivity index (χ3n) is 3.58. The van der Waals surface area contributed by atoms with Crippen molar-refractivity contribution in [1.82, 2.24) is 9.97 Å².